The Morgan fingerprint density at radius 1 is 1.28 bits per heavy atom. The van der Waals surface area contributed by atoms with Gasteiger partial charge in [-0.1, -0.05) is 33.6 Å². The van der Waals surface area contributed by atoms with E-state index in [4.69, 9.17) is 11.6 Å². The summed E-state index contributed by atoms with van der Waals surface area (Å²) < 4.78 is 2.78. The molecular formula is C12H12BrClN2O2. The van der Waals surface area contributed by atoms with Gasteiger partial charge in [-0.3, -0.25) is 14.3 Å². The summed E-state index contributed by atoms with van der Waals surface area (Å²) in [5, 5.41) is 1.76. The number of alkyl halides is 1. The van der Waals surface area contributed by atoms with Crippen LogP contribution in [0, 0.1) is 0 Å². The van der Waals surface area contributed by atoms with Crippen LogP contribution in [0.25, 0.3) is 10.8 Å². The summed E-state index contributed by atoms with van der Waals surface area (Å²) in [7, 11) is 1.58. The molecule has 0 aliphatic heterocycles. The van der Waals surface area contributed by atoms with Crippen molar-refractivity contribution in [1.82, 2.24) is 9.36 Å². The summed E-state index contributed by atoms with van der Waals surface area (Å²) >= 11 is 9.31. The number of benzene rings is 1. The molecule has 1 aromatic heterocycles. The highest BCUT2D eigenvalue weighted by atomic mass is 79.9. The van der Waals surface area contributed by atoms with Crippen molar-refractivity contribution in [3.8, 4) is 0 Å². The van der Waals surface area contributed by atoms with Crippen LogP contribution in [0.1, 0.15) is 6.42 Å². The highest BCUT2D eigenvalue weighted by Crippen LogP contribution is 2.16. The molecule has 0 bridgehead atoms. The lowest BCUT2D eigenvalue weighted by molar-refractivity contribution is 0.466. The van der Waals surface area contributed by atoms with Gasteiger partial charge in [-0.05, 0) is 18.6 Å². The topological polar surface area (TPSA) is 44.0 Å². The van der Waals surface area contributed by atoms with Crippen molar-refractivity contribution in [2.75, 3.05) is 5.33 Å². The monoisotopic (exact) mass is 330 g/mol. The molecule has 0 unspecified atom stereocenters. The van der Waals surface area contributed by atoms with Crippen LogP contribution in [-0.2, 0) is 13.6 Å². The third-order valence-corrected chi connectivity index (χ3v) is 3.73. The van der Waals surface area contributed by atoms with Gasteiger partial charge in [-0.25, -0.2) is 4.68 Å². The first-order valence-electron chi connectivity index (χ1n) is 5.52. The highest BCUT2D eigenvalue weighted by molar-refractivity contribution is 9.09. The molecule has 0 aliphatic rings. The summed E-state index contributed by atoms with van der Waals surface area (Å²) in [5.41, 5.74) is -0.430. The maximum atomic E-state index is 12.3. The minimum Gasteiger partial charge on any atom is -0.267 e. The van der Waals surface area contributed by atoms with Crippen molar-refractivity contribution in [2.45, 2.75) is 13.0 Å². The van der Waals surface area contributed by atoms with Gasteiger partial charge < -0.3 is 0 Å². The Labute approximate surface area is 117 Å². The lowest BCUT2D eigenvalue weighted by Gasteiger charge is -2.12. The molecule has 0 N–H and O–H groups in total. The van der Waals surface area contributed by atoms with Crippen LogP contribution in [0.3, 0.4) is 0 Å². The molecule has 2 aromatic rings. The van der Waals surface area contributed by atoms with Crippen LogP contribution in [0.5, 0.6) is 0 Å². The van der Waals surface area contributed by atoms with E-state index in [2.05, 4.69) is 15.9 Å². The zero-order valence-electron chi connectivity index (χ0n) is 9.82. The Kier molecular flexibility index (Phi) is 3.92. The van der Waals surface area contributed by atoms with Gasteiger partial charge in [0, 0.05) is 18.9 Å². The molecule has 0 radical (unpaired) electrons. The van der Waals surface area contributed by atoms with Gasteiger partial charge in [0.05, 0.1) is 15.8 Å². The fraction of sp³-hybridized carbons (Fsp3) is 0.333. The first-order valence-corrected chi connectivity index (χ1v) is 7.02. The van der Waals surface area contributed by atoms with Crippen LogP contribution in [-0.4, -0.2) is 14.7 Å². The minimum atomic E-state index is -0.246. The second-order valence-electron chi connectivity index (χ2n) is 3.96. The Morgan fingerprint density at radius 2 is 2.00 bits per heavy atom. The van der Waals surface area contributed by atoms with Gasteiger partial charge in [0.25, 0.3) is 11.1 Å². The molecular weight excluding hydrogens is 320 g/mol. The fourth-order valence-electron chi connectivity index (χ4n) is 1.93. The van der Waals surface area contributed by atoms with Gasteiger partial charge in [0.1, 0.15) is 0 Å². The fourth-order valence-corrected chi connectivity index (χ4v) is 2.43. The molecule has 0 spiro atoms. The lowest BCUT2D eigenvalue weighted by Crippen LogP contribution is -2.37. The molecule has 96 valence electrons. The van der Waals surface area contributed by atoms with E-state index in [-0.39, 0.29) is 11.1 Å². The zero-order valence-corrected chi connectivity index (χ0v) is 12.2. The van der Waals surface area contributed by atoms with Gasteiger partial charge in [-0.2, -0.15) is 0 Å². The number of hydrogen-bond acceptors (Lipinski definition) is 2. The molecule has 2 rings (SSSR count). The van der Waals surface area contributed by atoms with Crippen molar-refractivity contribution in [3.05, 3.63) is 43.9 Å². The average Bonchev–Trinajstić information content (AvgIpc) is 2.36. The standard InChI is InChI=1S/C12H12BrClN2O2/c1-15-12(18)10-8(4-2-5-9(10)14)11(17)16(15)7-3-6-13/h2,4-5H,3,6-7H2,1H3. The van der Waals surface area contributed by atoms with Gasteiger partial charge >= 0.3 is 0 Å². The Balaban J connectivity index is 2.84. The molecule has 18 heavy (non-hydrogen) atoms. The Bertz CT molecular complexity index is 706. The molecule has 0 fully saturated rings. The summed E-state index contributed by atoms with van der Waals surface area (Å²) in [5.74, 6) is 0. The van der Waals surface area contributed by atoms with Gasteiger partial charge in [0.2, 0.25) is 0 Å². The normalized spacial score (nSPS) is 11.1. The van der Waals surface area contributed by atoms with Crippen molar-refractivity contribution < 1.29 is 0 Å². The average molecular weight is 332 g/mol. The Hall–Kier alpha value is -1.07. The lowest BCUT2D eigenvalue weighted by atomic mass is 10.2. The van der Waals surface area contributed by atoms with Crippen molar-refractivity contribution >= 4 is 38.3 Å². The second kappa shape index (κ2) is 5.28. The largest absolute Gasteiger partial charge is 0.274 e. The number of nitrogens with zero attached hydrogens (tertiary/aromatic N) is 2. The van der Waals surface area contributed by atoms with Crippen LogP contribution < -0.4 is 11.1 Å². The summed E-state index contributed by atoms with van der Waals surface area (Å²) in [6.45, 7) is 0.498. The molecule has 0 saturated heterocycles. The van der Waals surface area contributed by atoms with E-state index < -0.39 is 0 Å². The molecule has 4 nitrogen and oxygen atoms in total. The predicted molar refractivity (Wildman–Crippen MR) is 76.9 cm³/mol. The third-order valence-electron chi connectivity index (χ3n) is 2.85. The number of hydrogen-bond donors (Lipinski definition) is 0. The van der Waals surface area contributed by atoms with Crippen LogP contribution in [0.15, 0.2) is 27.8 Å². The smallest absolute Gasteiger partial charge is 0.267 e. The van der Waals surface area contributed by atoms with E-state index in [1.165, 1.54) is 9.36 Å². The molecule has 6 heteroatoms. The Morgan fingerprint density at radius 3 is 2.67 bits per heavy atom. The van der Waals surface area contributed by atoms with Gasteiger partial charge in [0.15, 0.2) is 0 Å². The molecule has 0 saturated carbocycles. The van der Waals surface area contributed by atoms with Crippen LogP contribution in [0.4, 0.5) is 0 Å². The molecule has 1 heterocycles. The van der Waals surface area contributed by atoms with Crippen molar-refractivity contribution in [3.63, 3.8) is 0 Å². The first-order chi connectivity index (χ1) is 8.57. The van der Waals surface area contributed by atoms with E-state index in [0.29, 0.717) is 22.3 Å². The minimum absolute atomic E-state index is 0.185. The molecule has 0 atom stereocenters. The van der Waals surface area contributed by atoms with E-state index in [9.17, 15) is 9.59 Å². The van der Waals surface area contributed by atoms with Gasteiger partial charge in [-0.15, -0.1) is 0 Å². The predicted octanol–water partition coefficient (Wildman–Crippen LogP) is 2.14. The molecule has 1 aromatic carbocycles. The quantitative estimate of drug-likeness (QED) is 0.809. The second-order valence-corrected chi connectivity index (χ2v) is 5.16. The molecule has 0 aliphatic carbocycles. The number of aromatic nitrogens is 2. The maximum absolute atomic E-state index is 12.3. The first kappa shape index (κ1) is 13.4. The van der Waals surface area contributed by atoms with Crippen LogP contribution >= 0.6 is 27.5 Å². The summed E-state index contributed by atoms with van der Waals surface area (Å²) in [4.78, 5) is 24.5. The maximum Gasteiger partial charge on any atom is 0.274 e. The van der Waals surface area contributed by atoms with E-state index >= 15 is 0 Å². The highest BCUT2D eigenvalue weighted by Gasteiger charge is 2.12. The van der Waals surface area contributed by atoms with Crippen molar-refractivity contribution in [2.24, 2.45) is 7.05 Å². The summed E-state index contributed by atoms with van der Waals surface area (Å²) in [6, 6.07) is 4.93. The van der Waals surface area contributed by atoms with E-state index in [1.54, 1.807) is 25.2 Å². The third kappa shape index (κ3) is 2.12. The van der Waals surface area contributed by atoms with Crippen LogP contribution in [0.2, 0.25) is 5.02 Å². The van der Waals surface area contributed by atoms with E-state index in [1.807, 2.05) is 0 Å². The number of fused-ring (bicyclic) bond motifs is 1. The number of halogens is 2. The number of rotatable bonds is 3. The molecule has 0 amide bonds. The SMILES string of the molecule is Cn1c(=O)c2c(Cl)cccc2c(=O)n1CCCBr. The summed E-state index contributed by atoms with van der Waals surface area (Å²) in [6.07, 6.45) is 0.777. The zero-order chi connectivity index (χ0) is 13.3. The van der Waals surface area contributed by atoms with Crippen molar-refractivity contribution in [1.29, 1.82) is 0 Å². The van der Waals surface area contributed by atoms with E-state index in [0.717, 1.165) is 11.8 Å².